The first-order valence-corrected chi connectivity index (χ1v) is 5.35. The molecule has 5 nitrogen and oxygen atoms in total. The molecule has 1 heterocycles. The molecule has 1 fully saturated rings. The van der Waals surface area contributed by atoms with Gasteiger partial charge in [-0.25, -0.2) is 9.18 Å². The standard InChI is InChI=1S/C11H14FN3O2/c12-9-6(3-4-7(13)10(9)14)8-2-1-5-15(8)11(16)17/h3-4,8H,1-2,5,13-14H2,(H,16,17). The Labute approximate surface area is 97.8 Å². The van der Waals surface area contributed by atoms with Crippen LogP contribution in [0, 0.1) is 5.82 Å². The lowest BCUT2D eigenvalue weighted by atomic mass is 10.0. The number of nitrogen functional groups attached to an aromatic ring is 2. The second kappa shape index (κ2) is 4.12. The fraction of sp³-hybridized carbons (Fsp3) is 0.364. The first-order chi connectivity index (χ1) is 8.02. The number of anilines is 2. The molecule has 0 bridgehead atoms. The van der Waals surface area contributed by atoms with E-state index in [2.05, 4.69) is 0 Å². The summed E-state index contributed by atoms with van der Waals surface area (Å²) in [6.07, 6.45) is 0.287. The van der Waals surface area contributed by atoms with Crippen molar-refractivity contribution in [1.29, 1.82) is 0 Å². The monoisotopic (exact) mass is 239 g/mol. The number of carbonyl (C=O) groups is 1. The number of benzene rings is 1. The lowest BCUT2D eigenvalue weighted by Crippen LogP contribution is -2.29. The van der Waals surface area contributed by atoms with Crippen LogP contribution in [-0.2, 0) is 0 Å². The second-order valence-electron chi connectivity index (χ2n) is 4.11. The Morgan fingerprint density at radius 3 is 2.82 bits per heavy atom. The molecule has 5 N–H and O–H groups in total. The van der Waals surface area contributed by atoms with Crippen LogP contribution in [0.25, 0.3) is 0 Å². The summed E-state index contributed by atoms with van der Waals surface area (Å²) >= 11 is 0. The van der Waals surface area contributed by atoms with E-state index < -0.39 is 18.0 Å². The molecule has 1 aliphatic rings. The number of halogens is 1. The average Bonchev–Trinajstić information content (AvgIpc) is 2.75. The summed E-state index contributed by atoms with van der Waals surface area (Å²) in [5.74, 6) is -0.608. The maximum Gasteiger partial charge on any atom is 0.407 e. The zero-order valence-electron chi connectivity index (χ0n) is 9.19. The molecule has 6 heteroatoms. The maximum absolute atomic E-state index is 13.9. The molecule has 1 amide bonds. The van der Waals surface area contributed by atoms with Gasteiger partial charge in [-0.1, -0.05) is 6.07 Å². The third-order valence-corrected chi connectivity index (χ3v) is 3.10. The van der Waals surface area contributed by atoms with Crippen LogP contribution in [0.1, 0.15) is 24.4 Å². The molecule has 1 saturated heterocycles. The molecule has 1 atom stereocenters. The van der Waals surface area contributed by atoms with Gasteiger partial charge in [-0.2, -0.15) is 0 Å². The number of carboxylic acid groups (broad SMARTS) is 1. The minimum absolute atomic E-state index is 0.111. The van der Waals surface area contributed by atoms with Crippen molar-refractivity contribution in [3.8, 4) is 0 Å². The van der Waals surface area contributed by atoms with Crippen molar-refractivity contribution in [1.82, 2.24) is 4.90 Å². The minimum atomic E-state index is -1.04. The molecule has 1 unspecified atom stereocenters. The Balaban J connectivity index is 2.40. The summed E-state index contributed by atoms with van der Waals surface area (Å²) in [7, 11) is 0. The van der Waals surface area contributed by atoms with Crippen molar-refractivity contribution in [3.05, 3.63) is 23.5 Å². The van der Waals surface area contributed by atoms with Crippen LogP contribution in [0.4, 0.5) is 20.6 Å². The Bertz CT molecular complexity index is 464. The summed E-state index contributed by atoms with van der Waals surface area (Å²) in [4.78, 5) is 12.2. The van der Waals surface area contributed by atoms with Gasteiger partial charge in [0.15, 0.2) is 5.82 Å². The molecule has 2 rings (SSSR count). The van der Waals surface area contributed by atoms with Crippen LogP contribution in [0.2, 0.25) is 0 Å². The van der Waals surface area contributed by atoms with E-state index in [1.54, 1.807) is 0 Å². The molecule has 1 aromatic carbocycles. The maximum atomic E-state index is 13.9. The van der Waals surface area contributed by atoms with Crippen molar-refractivity contribution >= 4 is 17.5 Å². The number of nitrogens with zero attached hydrogens (tertiary/aromatic N) is 1. The van der Waals surface area contributed by atoms with Crippen molar-refractivity contribution in [2.75, 3.05) is 18.0 Å². The molecular formula is C11H14FN3O2. The van der Waals surface area contributed by atoms with Gasteiger partial charge >= 0.3 is 6.09 Å². The van der Waals surface area contributed by atoms with E-state index in [1.807, 2.05) is 0 Å². The number of amides is 1. The number of hydrogen-bond donors (Lipinski definition) is 3. The highest BCUT2D eigenvalue weighted by Gasteiger charge is 2.32. The summed E-state index contributed by atoms with van der Waals surface area (Å²) in [5.41, 5.74) is 11.4. The van der Waals surface area contributed by atoms with Crippen LogP contribution < -0.4 is 11.5 Å². The van der Waals surface area contributed by atoms with Crippen LogP contribution in [-0.4, -0.2) is 22.6 Å². The van der Waals surface area contributed by atoms with Crippen molar-refractivity contribution in [2.45, 2.75) is 18.9 Å². The largest absolute Gasteiger partial charge is 0.465 e. The topological polar surface area (TPSA) is 92.6 Å². The average molecular weight is 239 g/mol. The van der Waals surface area contributed by atoms with Gasteiger partial charge in [0.25, 0.3) is 0 Å². The van der Waals surface area contributed by atoms with E-state index in [9.17, 15) is 9.18 Å². The van der Waals surface area contributed by atoms with Gasteiger partial charge in [-0.15, -0.1) is 0 Å². The van der Waals surface area contributed by atoms with Gasteiger partial charge < -0.3 is 21.5 Å². The van der Waals surface area contributed by atoms with Crippen LogP contribution in [0.5, 0.6) is 0 Å². The smallest absolute Gasteiger partial charge is 0.407 e. The summed E-state index contributed by atoms with van der Waals surface area (Å²) in [5, 5.41) is 9.01. The number of rotatable bonds is 1. The van der Waals surface area contributed by atoms with Crippen molar-refractivity contribution < 1.29 is 14.3 Å². The Hall–Kier alpha value is -1.98. The van der Waals surface area contributed by atoms with Crippen LogP contribution in [0.3, 0.4) is 0 Å². The Morgan fingerprint density at radius 2 is 2.18 bits per heavy atom. The van der Waals surface area contributed by atoms with E-state index in [1.165, 1.54) is 17.0 Å². The zero-order chi connectivity index (χ0) is 12.6. The molecule has 0 aliphatic carbocycles. The number of likely N-dealkylation sites (tertiary alicyclic amines) is 1. The normalized spacial score (nSPS) is 19.6. The van der Waals surface area contributed by atoms with Crippen LogP contribution >= 0.6 is 0 Å². The molecule has 0 aromatic heterocycles. The van der Waals surface area contributed by atoms with E-state index in [0.717, 1.165) is 6.42 Å². The summed E-state index contributed by atoms with van der Waals surface area (Å²) < 4.78 is 13.9. The van der Waals surface area contributed by atoms with Gasteiger partial charge in [0.1, 0.15) is 0 Å². The summed E-state index contributed by atoms with van der Waals surface area (Å²) in [6, 6.07) is 2.55. The predicted molar refractivity (Wildman–Crippen MR) is 61.9 cm³/mol. The summed E-state index contributed by atoms with van der Waals surface area (Å²) in [6.45, 7) is 0.420. The minimum Gasteiger partial charge on any atom is -0.465 e. The Kier molecular flexibility index (Phi) is 2.79. The van der Waals surface area contributed by atoms with Gasteiger partial charge in [-0.3, -0.25) is 0 Å². The fourth-order valence-corrected chi connectivity index (χ4v) is 2.20. The van der Waals surface area contributed by atoms with E-state index in [4.69, 9.17) is 16.6 Å². The number of hydrogen-bond acceptors (Lipinski definition) is 3. The first-order valence-electron chi connectivity index (χ1n) is 5.35. The van der Waals surface area contributed by atoms with Gasteiger partial charge in [0.2, 0.25) is 0 Å². The Morgan fingerprint density at radius 1 is 1.47 bits per heavy atom. The third kappa shape index (κ3) is 1.86. The van der Waals surface area contributed by atoms with Crippen molar-refractivity contribution in [3.63, 3.8) is 0 Å². The quantitative estimate of drug-likeness (QED) is 0.651. The van der Waals surface area contributed by atoms with E-state index in [-0.39, 0.29) is 11.4 Å². The highest BCUT2D eigenvalue weighted by atomic mass is 19.1. The lowest BCUT2D eigenvalue weighted by molar-refractivity contribution is 0.139. The number of nitrogens with two attached hydrogens (primary N) is 2. The highest BCUT2D eigenvalue weighted by Crippen LogP contribution is 2.36. The molecule has 1 aromatic rings. The molecule has 0 saturated carbocycles. The first kappa shape index (κ1) is 11.5. The van der Waals surface area contributed by atoms with E-state index in [0.29, 0.717) is 18.5 Å². The van der Waals surface area contributed by atoms with Gasteiger partial charge in [-0.05, 0) is 18.9 Å². The molecule has 0 spiro atoms. The van der Waals surface area contributed by atoms with Crippen molar-refractivity contribution in [2.24, 2.45) is 0 Å². The predicted octanol–water partition coefficient (Wildman–Crippen LogP) is 1.81. The zero-order valence-corrected chi connectivity index (χ0v) is 9.19. The molecular weight excluding hydrogens is 225 g/mol. The second-order valence-corrected chi connectivity index (χ2v) is 4.11. The van der Waals surface area contributed by atoms with E-state index >= 15 is 0 Å². The van der Waals surface area contributed by atoms with Gasteiger partial charge in [0, 0.05) is 12.1 Å². The SMILES string of the molecule is Nc1ccc(C2CCCN2C(=O)O)c(F)c1N. The third-order valence-electron chi connectivity index (χ3n) is 3.10. The van der Waals surface area contributed by atoms with Crippen LogP contribution in [0.15, 0.2) is 12.1 Å². The molecule has 1 aliphatic heterocycles. The van der Waals surface area contributed by atoms with Gasteiger partial charge in [0.05, 0.1) is 17.4 Å². The molecule has 92 valence electrons. The fourth-order valence-electron chi connectivity index (χ4n) is 2.20. The molecule has 0 radical (unpaired) electrons. The highest BCUT2D eigenvalue weighted by molar-refractivity contribution is 5.68. The molecule has 17 heavy (non-hydrogen) atoms. The lowest BCUT2D eigenvalue weighted by Gasteiger charge is -2.22.